The first-order valence-corrected chi connectivity index (χ1v) is 7.07. The smallest absolute Gasteiger partial charge is 0.265 e. The lowest BCUT2D eigenvalue weighted by atomic mass is 10.2. The summed E-state index contributed by atoms with van der Waals surface area (Å²) in [5.74, 6) is -1.25. The van der Waals surface area contributed by atoms with Crippen molar-refractivity contribution >= 4 is 29.1 Å². The van der Waals surface area contributed by atoms with Gasteiger partial charge in [0.15, 0.2) is 6.10 Å². The molecule has 0 bridgehead atoms. The minimum atomic E-state index is -0.853. The minimum Gasteiger partial charge on any atom is -0.479 e. The fourth-order valence-electron chi connectivity index (χ4n) is 1.78. The number of halogens is 2. The van der Waals surface area contributed by atoms with Crippen LogP contribution < -0.4 is 15.8 Å². The van der Waals surface area contributed by atoms with Gasteiger partial charge >= 0.3 is 0 Å². The fraction of sp³-hybridized carbons (Fsp3) is 0.125. The first-order chi connectivity index (χ1) is 10.9. The Hall–Kier alpha value is -2.60. The number of amides is 2. The number of nitrogens with two attached hydrogens (primary N) is 1. The van der Waals surface area contributed by atoms with Gasteiger partial charge in [-0.15, -0.1) is 0 Å². The Balaban J connectivity index is 2.00. The van der Waals surface area contributed by atoms with Gasteiger partial charge < -0.3 is 15.8 Å². The lowest BCUT2D eigenvalue weighted by Gasteiger charge is -2.15. The summed E-state index contributed by atoms with van der Waals surface area (Å²) in [7, 11) is 0. The molecule has 0 aliphatic carbocycles. The van der Waals surface area contributed by atoms with Gasteiger partial charge in [0.25, 0.3) is 5.91 Å². The van der Waals surface area contributed by atoms with E-state index in [1.54, 1.807) is 12.1 Å². The molecule has 0 fully saturated rings. The van der Waals surface area contributed by atoms with Crippen molar-refractivity contribution in [1.29, 1.82) is 0 Å². The third-order valence-electron chi connectivity index (χ3n) is 3.00. The third-order valence-corrected chi connectivity index (χ3v) is 3.30. The zero-order chi connectivity index (χ0) is 17.0. The highest BCUT2D eigenvalue weighted by Gasteiger charge is 2.16. The van der Waals surface area contributed by atoms with Gasteiger partial charge in [-0.1, -0.05) is 11.6 Å². The number of primary amides is 1. The number of anilines is 1. The van der Waals surface area contributed by atoms with Crippen LogP contribution in [0.3, 0.4) is 0 Å². The Morgan fingerprint density at radius 3 is 2.43 bits per heavy atom. The van der Waals surface area contributed by atoms with E-state index in [4.69, 9.17) is 22.1 Å². The first-order valence-electron chi connectivity index (χ1n) is 6.69. The number of benzene rings is 2. The van der Waals surface area contributed by atoms with Crippen LogP contribution in [-0.4, -0.2) is 17.9 Å². The molecule has 0 aliphatic heterocycles. The molecule has 0 heterocycles. The average Bonchev–Trinajstić information content (AvgIpc) is 2.50. The van der Waals surface area contributed by atoms with E-state index < -0.39 is 23.7 Å². The van der Waals surface area contributed by atoms with E-state index in [1.807, 2.05) is 0 Å². The van der Waals surface area contributed by atoms with Crippen molar-refractivity contribution in [2.24, 2.45) is 5.73 Å². The van der Waals surface area contributed by atoms with E-state index in [-0.39, 0.29) is 10.8 Å². The van der Waals surface area contributed by atoms with Gasteiger partial charge in [-0.25, -0.2) is 4.39 Å². The SMILES string of the molecule is C[C@@H](Oc1ccc(F)cc1Cl)C(=O)Nc1ccc(C(N)=O)cc1. The van der Waals surface area contributed by atoms with E-state index >= 15 is 0 Å². The average molecular weight is 337 g/mol. The molecule has 2 aromatic carbocycles. The molecule has 1 atom stereocenters. The molecule has 0 spiro atoms. The Labute approximate surface area is 137 Å². The van der Waals surface area contributed by atoms with Gasteiger partial charge in [-0.05, 0) is 49.4 Å². The van der Waals surface area contributed by atoms with Crippen LogP contribution in [-0.2, 0) is 4.79 Å². The van der Waals surface area contributed by atoms with Crippen molar-refractivity contribution in [2.45, 2.75) is 13.0 Å². The van der Waals surface area contributed by atoms with Gasteiger partial charge in [-0.2, -0.15) is 0 Å². The molecule has 0 unspecified atom stereocenters. The van der Waals surface area contributed by atoms with E-state index in [0.29, 0.717) is 11.3 Å². The molecule has 0 aliphatic rings. The maximum atomic E-state index is 13.0. The number of carbonyl (C=O) groups is 2. The maximum absolute atomic E-state index is 13.0. The standard InChI is InChI=1S/C16H14ClFN2O3/c1-9(23-14-7-4-11(18)8-13(14)17)16(22)20-12-5-2-10(3-6-12)15(19)21/h2-9H,1H3,(H2,19,21)(H,20,22)/t9-/m1/s1. The van der Waals surface area contributed by atoms with Crippen LogP contribution in [0.25, 0.3) is 0 Å². The fourth-order valence-corrected chi connectivity index (χ4v) is 1.99. The van der Waals surface area contributed by atoms with Crippen LogP contribution >= 0.6 is 11.6 Å². The number of hydrogen-bond acceptors (Lipinski definition) is 3. The summed E-state index contributed by atoms with van der Waals surface area (Å²) in [6.45, 7) is 1.53. The zero-order valence-electron chi connectivity index (χ0n) is 12.2. The van der Waals surface area contributed by atoms with E-state index in [2.05, 4.69) is 5.32 Å². The van der Waals surface area contributed by atoms with E-state index in [0.717, 1.165) is 6.07 Å². The zero-order valence-corrected chi connectivity index (χ0v) is 12.9. The van der Waals surface area contributed by atoms with Crippen LogP contribution in [0.1, 0.15) is 17.3 Å². The minimum absolute atomic E-state index is 0.0791. The highest BCUT2D eigenvalue weighted by Crippen LogP contribution is 2.26. The summed E-state index contributed by atoms with van der Waals surface area (Å²) < 4.78 is 18.4. The van der Waals surface area contributed by atoms with Gasteiger partial charge in [0, 0.05) is 11.3 Å². The van der Waals surface area contributed by atoms with Gasteiger partial charge in [0.1, 0.15) is 11.6 Å². The molecule has 120 valence electrons. The first kappa shape index (κ1) is 16.8. The normalized spacial score (nSPS) is 11.6. The van der Waals surface area contributed by atoms with Gasteiger partial charge in [0.2, 0.25) is 5.91 Å². The topological polar surface area (TPSA) is 81.4 Å². The van der Waals surface area contributed by atoms with Crippen LogP contribution in [0.5, 0.6) is 5.75 Å². The van der Waals surface area contributed by atoms with Crippen molar-refractivity contribution in [2.75, 3.05) is 5.32 Å². The number of hydrogen-bond donors (Lipinski definition) is 2. The van der Waals surface area contributed by atoms with Crippen molar-refractivity contribution in [3.8, 4) is 5.75 Å². The lowest BCUT2D eigenvalue weighted by Crippen LogP contribution is -2.30. The Morgan fingerprint density at radius 2 is 1.87 bits per heavy atom. The highest BCUT2D eigenvalue weighted by atomic mass is 35.5. The van der Waals surface area contributed by atoms with Crippen LogP contribution in [0, 0.1) is 5.82 Å². The van der Waals surface area contributed by atoms with Gasteiger partial charge in [0.05, 0.1) is 5.02 Å². The largest absolute Gasteiger partial charge is 0.479 e. The number of nitrogens with one attached hydrogen (secondary N) is 1. The Morgan fingerprint density at radius 1 is 1.22 bits per heavy atom. The number of carbonyl (C=O) groups excluding carboxylic acids is 2. The predicted molar refractivity (Wildman–Crippen MR) is 85.1 cm³/mol. The summed E-state index contributed by atoms with van der Waals surface area (Å²) in [5.41, 5.74) is 5.96. The van der Waals surface area contributed by atoms with Crippen LogP contribution in [0.4, 0.5) is 10.1 Å². The molecule has 0 aromatic heterocycles. The Bertz CT molecular complexity index is 735. The molecular weight excluding hydrogens is 323 g/mol. The van der Waals surface area contributed by atoms with E-state index in [1.165, 1.54) is 31.2 Å². The predicted octanol–water partition coefficient (Wildman–Crippen LogP) is 2.98. The maximum Gasteiger partial charge on any atom is 0.265 e. The molecule has 0 saturated heterocycles. The molecule has 2 amide bonds. The highest BCUT2D eigenvalue weighted by molar-refractivity contribution is 6.32. The second-order valence-corrected chi connectivity index (χ2v) is 5.17. The molecule has 23 heavy (non-hydrogen) atoms. The molecular formula is C16H14ClFN2O3. The van der Waals surface area contributed by atoms with Crippen molar-refractivity contribution in [3.05, 3.63) is 58.9 Å². The summed E-state index contributed by atoms with van der Waals surface area (Å²) in [6.07, 6.45) is -0.853. The number of rotatable bonds is 5. The van der Waals surface area contributed by atoms with Crippen molar-refractivity contribution in [3.63, 3.8) is 0 Å². The molecule has 3 N–H and O–H groups in total. The van der Waals surface area contributed by atoms with Crippen LogP contribution in [0.2, 0.25) is 5.02 Å². The summed E-state index contributed by atoms with van der Waals surface area (Å²) in [6, 6.07) is 9.74. The van der Waals surface area contributed by atoms with E-state index in [9.17, 15) is 14.0 Å². The molecule has 7 heteroatoms. The summed E-state index contributed by atoms with van der Waals surface area (Å²) in [4.78, 5) is 23.0. The quantitative estimate of drug-likeness (QED) is 0.880. The second kappa shape index (κ2) is 7.11. The molecule has 2 aromatic rings. The number of ether oxygens (including phenoxy) is 1. The van der Waals surface area contributed by atoms with Crippen molar-refractivity contribution < 1.29 is 18.7 Å². The molecule has 0 saturated carbocycles. The van der Waals surface area contributed by atoms with Gasteiger partial charge in [-0.3, -0.25) is 9.59 Å². The third kappa shape index (κ3) is 4.43. The molecule has 0 radical (unpaired) electrons. The Kier molecular flexibility index (Phi) is 5.18. The monoisotopic (exact) mass is 336 g/mol. The van der Waals surface area contributed by atoms with Crippen LogP contribution in [0.15, 0.2) is 42.5 Å². The summed E-state index contributed by atoms with van der Waals surface area (Å²) >= 11 is 5.85. The summed E-state index contributed by atoms with van der Waals surface area (Å²) in [5, 5.41) is 2.70. The lowest BCUT2D eigenvalue weighted by molar-refractivity contribution is -0.122. The van der Waals surface area contributed by atoms with Crippen molar-refractivity contribution in [1.82, 2.24) is 0 Å². The second-order valence-electron chi connectivity index (χ2n) is 4.77. The molecule has 2 rings (SSSR count). The molecule has 5 nitrogen and oxygen atoms in total.